The van der Waals surface area contributed by atoms with Gasteiger partial charge >= 0.3 is 0 Å². The molecule has 0 spiro atoms. The van der Waals surface area contributed by atoms with Gasteiger partial charge in [0.2, 0.25) is 10.0 Å². The molecule has 114 valence electrons. The molecule has 8 heteroatoms. The van der Waals surface area contributed by atoms with Crippen molar-refractivity contribution >= 4 is 31.6 Å². The fourth-order valence-corrected chi connectivity index (χ4v) is 4.06. The second-order valence-corrected chi connectivity index (χ2v) is 6.90. The van der Waals surface area contributed by atoms with Crippen LogP contribution >= 0.6 is 15.9 Å². The van der Waals surface area contributed by atoms with Crippen LogP contribution in [0.4, 0.5) is 10.1 Å². The van der Waals surface area contributed by atoms with E-state index in [0.29, 0.717) is 6.42 Å². The van der Waals surface area contributed by atoms with Gasteiger partial charge in [-0.3, -0.25) is 0 Å². The zero-order valence-corrected chi connectivity index (χ0v) is 13.7. The molecule has 1 unspecified atom stereocenters. The van der Waals surface area contributed by atoms with Gasteiger partial charge in [0.05, 0.1) is 17.2 Å². The number of halogens is 2. The Balaban J connectivity index is 3.07. The van der Waals surface area contributed by atoms with Crippen molar-refractivity contribution in [2.24, 2.45) is 0 Å². The van der Waals surface area contributed by atoms with Crippen LogP contribution < -0.4 is 10.5 Å². The van der Waals surface area contributed by atoms with Gasteiger partial charge in [0.1, 0.15) is 5.82 Å². The van der Waals surface area contributed by atoms with Gasteiger partial charge in [-0.2, -0.15) is 0 Å². The number of nitrogen functional groups attached to an aromatic ring is 1. The first kappa shape index (κ1) is 17.4. The third-order valence-corrected chi connectivity index (χ3v) is 5.15. The number of hydrogen-bond donors (Lipinski definition) is 2. The van der Waals surface area contributed by atoms with Crippen LogP contribution in [0.3, 0.4) is 0 Å². The first-order valence-electron chi connectivity index (χ1n) is 6.07. The molecule has 1 rings (SSSR count). The van der Waals surface area contributed by atoms with Crippen LogP contribution in [-0.4, -0.2) is 28.2 Å². The Morgan fingerprint density at radius 1 is 1.50 bits per heavy atom. The number of anilines is 1. The molecule has 0 saturated carbocycles. The lowest BCUT2D eigenvalue weighted by Crippen LogP contribution is -2.38. The summed E-state index contributed by atoms with van der Waals surface area (Å²) in [6, 6.07) is 1.79. The molecule has 0 aliphatic rings. The molecule has 0 heterocycles. The molecule has 1 aromatic rings. The maximum atomic E-state index is 13.3. The molecule has 0 saturated heterocycles. The van der Waals surface area contributed by atoms with E-state index < -0.39 is 15.8 Å². The molecule has 0 aliphatic heterocycles. The SMILES string of the molecule is CCCC(COC)NS(=O)(=O)c1cc(N)c(F)cc1Br. The highest BCUT2D eigenvalue weighted by molar-refractivity contribution is 9.10. The molecule has 20 heavy (non-hydrogen) atoms. The van der Waals surface area contributed by atoms with E-state index in [0.717, 1.165) is 18.6 Å². The van der Waals surface area contributed by atoms with E-state index in [1.54, 1.807) is 0 Å². The average molecular weight is 369 g/mol. The molecule has 1 aromatic carbocycles. The van der Waals surface area contributed by atoms with E-state index in [2.05, 4.69) is 20.7 Å². The van der Waals surface area contributed by atoms with Crippen LogP contribution in [0.15, 0.2) is 21.5 Å². The van der Waals surface area contributed by atoms with Crippen LogP contribution in [0.1, 0.15) is 19.8 Å². The quantitative estimate of drug-likeness (QED) is 0.723. The van der Waals surface area contributed by atoms with Gasteiger partial charge in [-0.15, -0.1) is 0 Å². The Hall–Kier alpha value is -0.700. The van der Waals surface area contributed by atoms with E-state index in [1.165, 1.54) is 7.11 Å². The molecule has 3 N–H and O–H groups in total. The molecule has 0 aliphatic carbocycles. The van der Waals surface area contributed by atoms with Gasteiger partial charge in [-0.25, -0.2) is 17.5 Å². The number of methoxy groups -OCH3 is 1. The van der Waals surface area contributed by atoms with Crippen molar-refractivity contribution < 1.29 is 17.5 Å². The van der Waals surface area contributed by atoms with Gasteiger partial charge < -0.3 is 10.5 Å². The summed E-state index contributed by atoms with van der Waals surface area (Å²) in [6.07, 6.45) is 1.45. The van der Waals surface area contributed by atoms with Crippen molar-refractivity contribution in [1.29, 1.82) is 0 Å². The first-order chi connectivity index (χ1) is 9.31. The Kier molecular flexibility index (Phi) is 6.38. The molecule has 0 bridgehead atoms. The third kappa shape index (κ3) is 4.41. The maximum absolute atomic E-state index is 13.3. The molecular weight excluding hydrogens is 351 g/mol. The zero-order valence-electron chi connectivity index (χ0n) is 11.3. The van der Waals surface area contributed by atoms with Gasteiger partial charge in [0.25, 0.3) is 0 Å². The van der Waals surface area contributed by atoms with Crippen LogP contribution in [0, 0.1) is 5.82 Å². The summed E-state index contributed by atoms with van der Waals surface area (Å²) in [5.41, 5.74) is 5.21. The van der Waals surface area contributed by atoms with Crippen LogP contribution in [0.5, 0.6) is 0 Å². The zero-order chi connectivity index (χ0) is 15.3. The lowest BCUT2D eigenvalue weighted by atomic mass is 10.2. The summed E-state index contributed by atoms with van der Waals surface area (Å²) < 4.78 is 45.5. The highest BCUT2D eigenvalue weighted by Crippen LogP contribution is 2.27. The van der Waals surface area contributed by atoms with Crippen molar-refractivity contribution in [3.05, 3.63) is 22.4 Å². The number of nitrogens with two attached hydrogens (primary N) is 1. The van der Waals surface area contributed by atoms with Crippen molar-refractivity contribution in [3.8, 4) is 0 Å². The smallest absolute Gasteiger partial charge is 0.242 e. The van der Waals surface area contributed by atoms with Gasteiger partial charge in [-0.1, -0.05) is 13.3 Å². The summed E-state index contributed by atoms with van der Waals surface area (Å²) in [5, 5.41) is 0. The average Bonchev–Trinajstić information content (AvgIpc) is 2.33. The minimum atomic E-state index is -3.80. The lowest BCUT2D eigenvalue weighted by Gasteiger charge is -2.18. The summed E-state index contributed by atoms with van der Waals surface area (Å²) in [4.78, 5) is -0.0893. The van der Waals surface area contributed by atoms with Crippen molar-refractivity contribution in [2.75, 3.05) is 19.5 Å². The highest BCUT2D eigenvalue weighted by Gasteiger charge is 2.23. The molecular formula is C12H18BrFN2O3S. The number of benzene rings is 1. The highest BCUT2D eigenvalue weighted by atomic mass is 79.9. The van der Waals surface area contributed by atoms with Crippen LogP contribution in [-0.2, 0) is 14.8 Å². The number of ether oxygens (including phenoxy) is 1. The predicted molar refractivity (Wildman–Crippen MR) is 79.4 cm³/mol. The van der Waals surface area contributed by atoms with Gasteiger partial charge in [-0.05, 0) is 34.5 Å². The third-order valence-electron chi connectivity index (χ3n) is 2.67. The second-order valence-electron chi connectivity index (χ2n) is 4.37. The largest absolute Gasteiger partial charge is 0.396 e. The number of hydrogen-bond acceptors (Lipinski definition) is 4. The predicted octanol–water partition coefficient (Wildman–Crippen LogP) is 2.26. The normalized spacial score (nSPS) is 13.4. The molecule has 0 amide bonds. The van der Waals surface area contributed by atoms with Crippen molar-refractivity contribution in [3.63, 3.8) is 0 Å². The fraction of sp³-hybridized carbons (Fsp3) is 0.500. The monoisotopic (exact) mass is 368 g/mol. The first-order valence-corrected chi connectivity index (χ1v) is 8.35. The van der Waals surface area contributed by atoms with E-state index in [-0.39, 0.29) is 27.7 Å². The minimum absolute atomic E-state index is 0.0893. The molecule has 5 nitrogen and oxygen atoms in total. The van der Waals surface area contributed by atoms with Crippen LogP contribution in [0.2, 0.25) is 0 Å². The Morgan fingerprint density at radius 3 is 2.70 bits per heavy atom. The molecule has 1 atom stereocenters. The Morgan fingerprint density at radius 2 is 2.15 bits per heavy atom. The Bertz CT molecular complexity index is 560. The van der Waals surface area contributed by atoms with Crippen LogP contribution in [0.25, 0.3) is 0 Å². The standard InChI is InChI=1S/C12H18BrFN2O3S/c1-3-4-8(7-19-2)16-20(17,18)12-6-11(15)10(14)5-9(12)13/h5-6,8,16H,3-4,7,15H2,1-2H3. The number of nitrogens with one attached hydrogen (secondary N) is 1. The number of rotatable bonds is 7. The van der Waals surface area contributed by atoms with Gasteiger partial charge in [0.15, 0.2) is 0 Å². The molecule has 0 aromatic heterocycles. The second kappa shape index (κ2) is 7.35. The summed E-state index contributed by atoms with van der Waals surface area (Å²) >= 11 is 3.04. The van der Waals surface area contributed by atoms with Crippen molar-refractivity contribution in [2.45, 2.75) is 30.7 Å². The summed E-state index contributed by atoms with van der Waals surface area (Å²) in [5.74, 6) is -0.669. The minimum Gasteiger partial charge on any atom is -0.396 e. The van der Waals surface area contributed by atoms with E-state index in [4.69, 9.17) is 10.5 Å². The topological polar surface area (TPSA) is 81.4 Å². The Labute approximate surface area is 126 Å². The molecule has 0 radical (unpaired) electrons. The maximum Gasteiger partial charge on any atom is 0.242 e. The van der Waals surface area contributed by atoms with E-state index >= 15 is 0 Å². The summed E-state index contributed by atoms with van der Waals surface area (Å²) in [6.45, 7) is 2.21. The number of sulfonamides is 1. The van der Waals surface area contributed by atoms with E-state index in [1.807, 2.05) is 6.92 Å². The fourth-order valence-electron chi connectivity index (χ4n) is 1.76. The lowest BCUT2D eigenvalue weighted by molar-refractivity contribution is 0.171. The van der Waals surface area contributed by atoms with E-state index in [9.17, 15) is 12.8 Å². The van der Waals surface area contributed by atoms with Crippen molar-refractivity contribution in [1.82, 2.24) is 4.72 Å². The van der Waals surface area contributed by atoms with Gasteiger partial charge in [0, 0.05) is 17.6 Å². The molecule has 0 fully saturated rings. The summed E-state index contributed by atoms with van der Waals surface area (Å²) in [7, 11) is -2.29.